The lowest BCUT2D eigenvalue weighted by atomic mass is 10.2. The molecule has 0 fully saturated rings. The molecule has 3 rings (SSSR count). The highest BCUT2D eigenvalue weighted by Gasteiger charge is 2.09. The highest BCUT2D eigenvalue weighted by molar-refractivity contribution is 9.10. The van der Waals surface area contributed by atoms with Gasteiger partial charge in [-0.1, -0.05) is 15.9 Å². The Labute approximate surface area is 158 Å². The molecule has 8 heteroatoms. The minimum Gasteiger partial charge on any atom is -0.396 e. The highest BCUT2D eigenvalue weighted by atomic mass is 79.9. The highest BCUT2D eigenvalue weighted by Crippen LogP contribution is 2.26. The van der Waals surface area contributed by atoms with E-state index in [-0.39, 0.29) is 6.61 Å². The Morgan fingerprint density at radius 2 is 1.88 bits per heavy atom. The Hall–Kier alpha value is -2.58. The zero-order chi connectivity index (χ0) is 18.4. The normalized spacial score (nSPS) is 10.6. The summed E-state index contributed by atoms with van der Waals surface area (Å²) in [5.74, 6) is 0.463. The molecule has 0 aliphatic heterocycles. The van der Waals surface area contributed by atoms with Crippen LogP contribution in [-0.2, 0) is 0 Å². The molecule has 0 atom stereocenters. The van der Waals surface area contributed by atoms with Gasteiger partial charge in [-0.25, -0.2) is 9.37 Å². The Balaban J connectivity index is 1.93. The molecule has 2 heterocycles. The number of rotatable bonds is 7. The first-order valence-electron chi connectivity index (χ1n) is 8.02. The maximum atomic E-state index is 14.1. The molecule has 1 aromatic carbocycles. The Morgan fingerprint density at radius 3 is 2.62 bits per heavy atom. The van der Waals surface area contributed by atoms with Gasteiger partial charge in [0.25, 0.3) is 0 Å². The quantitative estimate of drug-likeness (QED) is 0.504. The molecular formula is C18H17BrFN5O. The van der Waals surface area contributed by atoms with E-state index < -0.39 is 5.82 Å². The smallest absolute Gasteiger partial charge is 0.225 e. The maximum absolute atomic E-state index is 14.1. The molecule has 0 radical (unpaired) electrons. The zero-order valence-corrected chi connectivity index (χ0v) is 15.4. The lowest BCUT2D eigenvalue weighted by molar-refractivity contribution is 0.292. The molecule has 26 heavy (non-hydrogen) atoms. The van der Waals surface area contributed by atoms with Gasteiger partial charge in [0.1, 0.15) is 11.6 Å². The molecule has 3 aromatic rings. The van der Waals surface area contributed by atoms with Crippen LogP contribution in [0.15, 0.2) is 53.3 Å². The van der Waals surface area contributed by atoms with Gasteiger partial charge in [0.05, 0.1) is 11.4 Å². The molecule has 134 valence electrons. The van der Waals surface area contributed by atoms with Crippen molar-refractivity contribution in [3.63, 3.8) is 0 Å². The van der Waals surface area contributed by atoms with Crippen LogP contribution in [0.2, 0.25) is 0 Å². The van der Waals surface area contributed by atoms with Crippen LogP contribution in [0, 0.1) is 5.82 Å². The fraction of sp³-hybridized carbons (Fsp3) is 0.167. The summed E-state index contributed by atoms with van der Waals surface area (Å²) in [6, 6.07) is 10.2. The van der Waals surface area contributed by atoms with Gasteiger partial charge < -0.3 is 15.7 Å². The first kappa shape index (κ1) is 18.2. The Bertz CT molecular complexity index is 879. The fourth-order valence-corrected chi connectivity index (χ4v) is 2.60. The number of halogens is 2. The van der Waals surface area contributed by atoms with Crippen LogP contribution in [0.1, 0.15) is 6.42 Å². The standard InChI is InChI=1S/C18H17BrFN5O/c19-13-2-3-15(14(20)10-13)23-17-11-16(12-4-7-21-8-5-12)24-18(25-17)22-6-1-9-26/h2-5,7-8,10-11,26H,1,6,9H2,(H2,22,23,24,25). The van der Waals surface area contributed by atoms with Gasteiger partial charge in [-0.05, 0) is 36.8 Å². The average molecular weight is 418 g/mol. The number of hydrogen-bond acceptors (Lipinski definition) is 6. The van der Waals surface area contributed by atoms with E-state index in [4.69, 9.17) is 5.11 Å². The summed E-state index contributed by atoms with van der Waals surface area (Å²) < 4.78 is 14.8. The molecule has 0 bridgehead atoms. The molecule has 0 unspecified atom stereocenters. The summed E-state index contributed by atoms with van der Waals surface area (Å²) in [5, 5.41) is 15.0. The third-order valence-corrected chi connectivity index (χ3v) is 4.01. The fourth-order valence-electron chi connectivity index (χ4n) is 2.27. The van der Waals surface area contributed by atoms with Crippen LogP contribution < -0.4 is 10.6 Å². The first-order chi connectivity index (χ1) is 12.7. The van der Waals surface area contributed by atoms with E-state index in [1.165, 1.54) is 6.07 Å². The second-order valence-electron chi connectivity index (χ2n) is 5.45. The number of hydrogen-bond donors (Lipinski definition) is 3. The van der Waals surface area contributed by atoms with E-state index in [2.05, 4.69) is 41.5 Å². The van der Waals surface area contributed by atoms with Gasteiger partial charge >= 0.3 is 0 Å². The van der Waals surface area contributed by atoms with E-state index in [9.17, 15) is 4.39 Å². The Kier molecular flexibility index (Phi) is 6.08. The molecule has 2 aromatic heterocycles. The van der Waals surface area contributed by atoms with E-state index in [0.29, 0.717) is 40.6 Å². The van der Waals surface area contributed by atoms with Crippen molar-refractivity contribution in [3.8, 4) is 11.3 Å². The topological polar surface area (TPSA) is 83.0 Å². The van der Waals surface area contributed by atoms with Crippen LogP contribution in [0.25, 0.3) is 11.3 Å². The number of aliphatic hydroxyl groups excluding tert-OH is 1. The van der Waals surface area contributed by atoms with Gasteiger partial charge in [0, 0.05) is 41.6 Å². The molecule has 0 amide bonds. The van der Waals surface area contributed by atoms with Crippen molar-refractivity contribution in [1.29, 1.82) is 0 Å². The minimum atomic E-state index is -0.391. The lowest BCUT2D eigenvalue weighted by Crippen LogP contribution is -2.09. The van der Waals surface area contributed by atoms with Crippen molar-refractivity contribution in [3.05, 3.63) is 59.1 Å². The average Bonchev–Trinajstić information content (AvgIpc) is 2.65. The third-order valence-electron chi connectivity index (χ3n) is 3.51. The summed E-state index contributed by atoms with van der Waals surface area (Å²) in [5.41, 5.74) is 1.86. The van der Waals surface area contributed by atoms with Gasteiger partial charge in [-0.15, -0.1) is 0 Å². The summed E-state index contributed by atoms with van der Waals surface area (Å²) in [6.07, 6.45) is 3.93. The van der Waals surface area contributed by atoms with Gasteiger partial charge in [-0.2, -0.15) is 4.98 Å². The summed E-state index contributed by atoms with van der Waals surface area (Å²) >= 11 is 3.24. The molecular weight excluding hydrogens is 401 g/mol. The van der Waals surface area contributed by atoms with Crippen molar-refractivity contribution in [2.45, 2.75) is 6.42 Å². The van der Waals surface area contributed by atoms with Crippen LogP contribution in [0.5, 0.6) is 0 Å². The van der Waals surface area contributed by atoms with E-state index in [1.54, 1.807) is 30.6 Å². The predicted octanol–water partition coefficient (Wildman–Crippen LogP) is 3.98. The van der Waals surface area contributed by atoms with Crippen LogP contribution in [0.4, 0.5) is 21.8 Å². The van der Waals surface area contributed by atoms with Gasteiger partial charge in [-0.3, -0.25) is 4.98 Å². The second kappa shape index (κ2) is 8.68. The van der Waals surface area contributed by atoms with Crippen molar-refractivity contribution in [1.82, 2.24) is 15.0 Å². The summed E-state index contributed by atoms with van der Waals surface area (Å²) in [7, 11) is 0. The molecule has 0 saturated carbocycles. The molecule has 6 nitrogen and oxygen atoms in total. The maximum Gasteiger partial charge on any atom is 0.225 e. The molecule has 3 N–H and O–H groups in total. The number of nitrogens with one attached hydrogen (secondary N) is 2. The van der Waals surface area contributed by atoms with Gasteiger partial charge in [0.15, 0.2) is 0 Å². The number of anilines is 3. The monoisotopic (exact) mass is 417 g/mol. The van der Waals surface area contributed by atoms with Crippen LogP contribution in [-0.4, -0.2) is 33.2 Å². The van der Waals surface area contributed by atoms with Gasteiger partial charge in [0.2, 0.25) is 5.95 Å². The molecule has 0 aliphatic carbocycles. The zero-order valence-electron chi connectivity index (χ0n) is 13.8. The minimum absolute atomic E-state index is 0.0757. The van der Waals surface area contributed by atoms with E-state index >= 15 is 0 Å². The number of aliphatic hydroxyl groups is 1. The van der Waals surface area contributed by atoms with Crippen molar-refractivity contribution in [2.75, 3.05) is 23.8 Å². The summed E-state index contributed by atoms with van der Waals surface area (Å²) in [6.45, 7) is 0.606. The van der Waals surface area contributed by atoms with Crippen molar-refractivity contribution >= 4 is 33.4 Å². The number of benzene rings is 1. The number of nitrogens with zero attached hydrogens (tertiary/aromatic N) is 3. The molecule has 0 saturated heterocycles. The summed E-state index contributed by atoms with van der Waals surface area (Å²) in [4.78, 5) is 12.9. The number of pyridine rings is 1. The van der Waals surface area contributed by atoms with Crippen LogP contribution in [0.3, 0.4) is 0 Å². The van der Waals surface area contributed by atoms with Crippen LogP contribution >= 0.6 is 15.9 Å². The van der Waals surface area contributed by atoms with Crippen molar-refractivity contribution in [2.24, 2.45) is 0 Å². The second-order valence-corrected chi connectivity index (χ2v) is 6.37. The molecule has 0 aliphatic rings. The largest absolute Gasteiger partial charge is 0.396 e. The SMILES string of the molecule is OCCCNc1nc(Nc2ccc(Br)cc2F)cc(-c2ccncc2)n1. The lowest BCUT2D eigenvalue weighted by Gasteiger charge is -2.12. The Morgan fingerprint density at radius 1 is 1.08 bits per heavy atom. The predicted molar refractivity (Wildman–Crippen MR) is 103 cm³/mol. The van der Waals surface area contributed by atoms with E-state index in [1.807, 2.05) is 12.1 Å². The molecule has 0 spiro atoms. The third kappa shape index (κ3) is 4.74. The van der Waals surface area contributed by atoms with Crippen molar-refractivity contribution < 1.29 is 9.50 Å². The number of aromatic nitrogens is 3. The van der Waals surface area contributed by atoms with E-state index in [0.717, 1.165) is 5.56 Å². The first-order valence-corrected chi connectivity index (χ1v) is 8.81.